The summed E-state index contributed by atoms with van der Waals surface area (Å²) in [5, 5.41) is 0.0828. The number of pyridine rings is 1. The molecule has 28 heavy (non-hydrogen) atoms. The van der Waals surface area contributed by atoms with Gasteiger partial charge in [-0.05, 0) is 40.7 Å². The van der Waals surface area contributed by atoms with Crippen LogP contribution in [-0.4, -0.2) is 50.9 Å². The van der Waals surface area contributed by atoms with E-state index in [4.69, 9.17) is 11.6 Å². The lowest BCUT2D eigenvalue weighted by molar-refractivity contribution is 0.567. The van der Waals surface area contributed by atoms with Gasteiger partial charge in [0.2, 0.25) is 0 Å². The minimum absolute atomic E-state index is 0.0994. The first-order valence-corrected chi connectivity index (χ1v) is 12.4. The summed E-state index contributed by atoms with van der Waals surface area (Å²) in [6.07, 6.45) is 3.37. The van der Waals surface area contributed by atoms with Crippen molar-refractivity contribution in [2.45, 2.75) is 50.7 Å². The molecular formula is C18H27ClN4O3S2. The van der Waals surface area contributed by atoms with E-state index >= 15 is 0 Å². The number of rotatable bonds is 4. The van der Waals surface area contributed by atoms with Gasteiger partial charge in [0, 0.05) is 24.7 Å². The maximum atomic E-state index is 12.6. The highest BCUT2D eigenvalue weighted by Gasteiger charge is 2.33. The summed E-state index contributed by atoms with van der Waals surface area (Å²) in [5.74, 6) is 0.937. The number of imidazole rings is 1. The summed E-state index contributed by atoms with van der Waals surface area (Å²) in [6.45, 7) is 10.2. The molecule has 0 aromatic carbocycles. The SMILES string of the molecule is CC1CN(c2c([C@H](C)N[S@](=O)C(C)(C)C)cc(Cl)c3cncn23)CCS1(=O)=O. The molecule has 1 aliphatic heterocycles. The fraction of sp³-hybridized carbons (Fsp3) is 0.611. The van der Waals surface area contributed by atoms with Crippen LogP contribution >= 0.6 is 11.6 Å². The van der Waals surface area contributed by atoms with Gasteiger partial charge in [0.15, 0.2) is 9.84 Å². The average molecular weight is 447 g/mol. The molecule has 1 fully saturated rings. The molecule has 1 saturated heterocycles. The Morgan fingerprint density at radius 2 is 2.07 bits per heavy atom. The summed E-state index contributed by atoms with van der Waals surface area (Å²) >= 11 is 6.48. The highest BCUT2D eigenvalue weighted by molar-refractivity contribution is 7.92. The lowest BCUT2D eigenvalue weighted by atomic mass is 10.1. The van der Waals surface area contributed by atoms with E-state index in [1.807, 2.05) is 38.2 Å². The Bertz CT molecular complexity index is 1010. The van der Waals surface area contributed by atoms with E-state index in [0.717, 1.165) is 16.9 Å². The van der Waals surface area contributed by atoms with Gasteiger partial charge >= 0.3 is 0 Å². The highest BCUT2D eigenvalue weighted by atomic mass is 35.5. The summed E-state index contributed by atoms with van der Waals surface area (Å²) < 4.78 is 41.6. The van der Waals surface area contributed by atoms with E-state index < -0.39 is 30.8 Å². The van der Waals surface area contributed by atoms with Gasteiger partial charge in [0.05, 0.1) is 43.5 Å². The molecule has 2 aromatic rings. The zero-order valence-corrected chi connectivity index (χ0v) is 19.2. The Balaban J connectivity index is 2.07. The molecule has 7 nitrogen and oxygen atoms in total. The zero-order valence-electron chi connectivity index (χ0n) is 16.8. The number of sulfone groups is 1. The molecule has 0 aliphatic carbocycles. The number of nitrogens with zero attached hydrogens (tertiary/aromatic N) is 3. The van der Waals surface area contributed by atoms with Gasteiger partial charge < -0.3 is 4.90 Å². The lowest BCUT2D eigenvalue weighted by Crippen LogP contribution is -2.47. The maximum Gasteiger partial charge on any atom is 0.156 e. The van der Waals surface area contributed by atoms with E-state index in [1.165, 1.54) is 0 Å². The van der Waals surface area contributed by atoms with Crippen LogP contribution in [0.3, 0.4) is 0 Å². The Kier molecular flexibility index (Phi) is 5.84. The molecule has 0 amide bonds. The molecule has 10 heteroatoms. The van der Waals surface area contributed by atoms with Crippen LogP contribution in [0.15, 0.2) is 18.6 Å². The maximum absolute atomic E-state index is 12.6. The van der Waals surface area contributed by atoms with E-state index in [1.54, 1.807) is 19.4 Å². The quantitative estimate of drug-likeness (QED) is 0.780. The minimum atomic E-state index is -3.08. The number of hydrogen-bond acceptors (Lipinski definition) is 5. The molecular weight excluding hydrogens is 420 g/mol. The molecule has 0 spiro atoms. The second kappa shape index (κ2) is 7.59. The monoisotopic (exact) mass is 446 g/mol. The third-order valence-electron chi connectivity index (χ3n) is 4.99. The molecule has 0 saturated carbocycles. The number of aromatic nitrogens is 2. The van der Waals surface area contributed by atoms with Crippen molar-refractivity contribution < 1.29 is 12.6 Å². The van der Waals surface area contributed by atoms with Crippen molar-refractivity contribution in [2.75, 3.05) is 23.7 Å². The normalized spacial score (nSPS) is 22.4. The van der Waals surface area contributed by atoms with Crippen LogP contribution in [0.2, 0.25) is 5.02 Å². The second-order valence-corrected chi connectivity index (χ2v) is 13.2. The van der Waals surface area contributed by atoms with Crippen LogP contribution in [-0.2, 0) is 20.8 Å². The van der Waals surface area contributed by atoms with Crippen molar-refractivity contribution in [3.63, 3.8) is 0 Å². The summed E-state index contributed by atoms with van der Waals surface area (Å²) in [5.41, 5.74) is 1.62. The molecule has 156 valence electrons. The highest BCUT2D eigenvalue weighted by Crippen LogP contribution is 2.34. The summed E-state index contributed by atoms with van der Waals surface area (Å²) in [6, 6.07) is 1.60. The standard InChI is InChI=1S/C18H27ClN4O3S2/c1-12-10-22(6-7-28(12,25)26)17-14(13(2)21-27(24)18(3,4)5)8-15(19)16-9-20-11-23(16)17/h8-9,11-13,21H,6-7,10H2,1-5H3/t12?,13-,27+/m0/s1. The van der Waals surface area contributed by atoms with Crippen molar-refractivity contribution in [2.24, 2.45) is 0 Å². The van der Waals surface area contributed by atoms with E-state index in [0.29, 0.717) is 18.1 Å². The second-order valence-electron chi connectivity index (χ2n) is 8.26. The Morgan fingerprint density at radius 1 is 1.39 bits per heavy atom. The fourth-order valence-electron chi connectivity index (χ4n) is 3.26. The number of hydrogen-bond donors (Lipinski definition) is 1. The van der Waals surface area contributed by atoms with Crippen molar-refractivity contribution >= 4 is 43.8 Å². The smallest absolute Gasteiger partial charge is 0.156 e. The molecule has 2 aromatic heterocycles. The molecule has 0 bridgehead atoms. The van der Waals surface area contributed by atoms with Crippen LogP contribution < -0.4 is 9.62 Å². The number of halogens is 1. The Labute approximate surface area is 174 Å². The fourth-order valence-corrected chi connectivity index (χ4v) is 5.60. The first kappa shape index (κ1) is 21.5. The van der Waals surface area contributed by atoms with Gasteiger partial charge in [-0.1, -0.05) is 11.6 Å². The van der Waals surface area contributed by atoms with E-state index in [2.05, 4.69) is 14.6 Å². The Hall–Kier alpha value is -1.16. The zero-order chi connectivity index (χ0) is 20.9. The summed E-state index contributed by atoms with van der Waals surface area (Å²) in [7, 11) is -4.34. The van der Waals surface area contributed by atoms with Gasteiger partial charge in [0.25, 0.3) is 0 Å². The van der Waals surface area contributed by atoms with Crippen LogP contribution in [0.1, 0.15) is 46.2 Å². The summed E-state index contributed by atoms with van der Waals surface area (Å²) in [4.78, 5) is 6.28. The lowest BCUT2D eigenvalue weighted by Gasteiger charge is -2.35. The number of anilines is 1. The van der Waals surface area contributed by atoms with E-state index in [-0.39, 0.29) is 11.8 Å². The van der Waals surface area contributed by atoms with E-state index in [9.17, 15) is 12.6 Å². The van der Waals surface area contributed by atoms with Crippen LogP contribution in [0, 0.1) is 0 Å². The molecule has 1 unspecified atom stereocenters. The van der Waals surface area contributed by atoms with Gasteiger partial charge in [0.1, 0.15) is 12.1 Å². The minimum Gasteiger partial charge on any atom is -0.355 e. The van der Waals surface area contributed by atoms with Gasteiger partial charge in [-0.15, -0.1) is 0 Å². The molecule has 3 atom stereocenters. The van der Waals surface area contributed by atoms with Gasteiger partial charge in [-0.3, -0.25) is 4.40 Å². The number of fused-ring (bicyclic) bond motifs is 1. The first-order valence-electron chi connectivity index (χ1n) is 9.21. The van der Waals surface area contributed by atoms with Gasteiger partial charge in [-0.2, -0.15) is 0 Å². The predicted octanol–water partition coefficient (Wildman–Crippen LogP) is 2.72. The predicted molar refractivity (Wildman–Crippen MR) is 115 cm³/mol. The van der Waals surface area contributed by atoms with Crippen molar-refractivity contribution in [1.82, 2.24) is 14.1 Å². The molecule has 1 N–H and O–H groups in total. The van der Waals surface area contributed by atoms with Crippen molar-refractivity contribution in [1.29, 1.82) is 0 Å². The first-order chi connectivity index (χ1) is 12.9. The molecule has 3 rings (SSSR count). The molecule has 3 heterocycles. The van der Waals surface area contributed by atoms with Gasteiger partial charge in [-0.25, -0.2) is 22.3 Å². The van der Waals surface area contributed by atoms with Crippen LogP contribution in [0.4, 0.5) is 5.82 Å². The van der Waals surface area contributed by atoms with Crippen molar-refractivity contribution in [3.8, 4) is 0 Å². The third-order valence-corrected chi connectivity index (χ3v) is 9.10. The topological polar surface area (TPSA) is 83.8 Å². The molecule has 0 radical (unpaired) electrons. The van der Waals surface area contributed by atoms with Crippen LogP contribution in [0.25, 0.3) is 5.52 Å². The third kappa shape index (κ3) is 4.08. The van der Waals surface area contributed by atoms with Crippen molar-refractivity contribution in [3.05, 3.63) is 29.2 Å². The number of nitrogens with one attached hydrogen (secondary N) is 1. The average Bonchev–Trinajstić information content (AvgIpc) is 3.06. The van der Waals surface area contributed by atoms with Crippen LogP contribution in [0.5, 0.6) is 0 Å². The largest absolute Gasteiger partial charge is 0.355 e. The Morgan fingerprint density at radius 3 is 2.68 bits per heavy atom. The molecule has 1 aliphatic rings.